The van der Waals surface area contributed by atoms with Crippen molar-refractivity contribution < 1.29 is 0 Å². The lowest BCUT2D eigenvalue weighted by molar-refractivity contribution is 0.881. The van der Waals surface area contributed by atoms with E-state index in [2.05, 4.69) is 9.97 Å². The van der Waals surface area contributed by atoms with E-state index < -0.39 is 0 Å². The van der Waals surface area contributed by atoms with Crippen LogP contribution in [0.4, 0.5) is 0 Å². The van der Waals surface area contributed by atoms with Gasteiger partial charge in [0.05, 0.1) is 11.5 Å². The maximum Gasteiger partial charge on any atom is 0.160 e. The van der Waals surface area contributed by atoms with E-state index in [9.17, 15) is 0 Å². The fraction of sp³-hybridized carbons (Fsp3) is 0.133. The van der Waals surface area contributed by atoms with E-state index in [0.29, 0.717) is 11.5 Å². The molecular formula is C15H14N4S. The van der Waals surface area contributed by atoms with Crippen molar-refractivity contribution in [3.8, 4) is 11.4 Å². The largest absolute Gasteiger partial charge is 0.392 e. The van der Waals surface area contributed by atoms with Gasteiger partial charge in [-0.1, -0.05) is 42.5 Å². The average molecular weight is 282 g/mol. The smallest absolute Gasteiger partial charge is 0.160 e. The monoisotopic (exact) mass is 282 g/mol. The highest BCUT2D eigenvalue weighted by Gasteiger charge is 2.14. The fourth-order valence-electron chi connectivity index (χ4n) is 2.22. The Morgan fingerprint density at radius 3 is 2.75 bits per heavy atom. The van der Waals surface area contributed by atoms with Crippen LogP contribution in [0.25, 0.3) is 22.6 Å². The van der Waals surface area contributed by atoms with E-state index in [0.717, 1.165) is 28.1 Å². The van der Waals surface area contributed by atoms with Gasteiger partial charge in [0.2, 0.25) is 0 Å². The molecule has 1 aromatic carbocycles. The Bertz CT molecular complexity index is 777. The zero-order valence-electron chi connectivity index (χ0n) is 11.1. The van der Waals surface area contributed by atoms with Gasteiger partial charge in [-0.3, -0.25) is 0 Å². The molecule has 0 fully saturated rings. The summed E-state index contributed by atoms with van der Waals surface area (Å²) in [6, 6.07) is 12.0. The molecule has 0 saturated carbocycles. The minimum absolute atomic E-state index is 0.420. The zero-order valence-corrected chi connectivity index (χ0v) is 11.9. The molecule has 20 heavy (non-hydrogen) atoms. The van der Waals surface area contributed by atoms with E-state index >= 15 is 0 Å². The molecule has 2 N–H and O–H groups in total. The van der Waals surface area contributed by atoms with Gasteiger partial charge in [-0.05, 0) is 18.6 Å². The number of fused-ring (bicyclic) bond motifs is 1. The molecule has 0 aliphatic carbocycles. The first-order chi connectivity index (χ1) is 9.65. The van der Waals surface area contributed by atoms with Crippen LogP contribution in [-0.2, 0) is 6.54 Å². The maximum atomic E-state index is 5.71. The Balaban J connectivity index is 2.27. The number of thiocarbonyl (C=S) groups is 1. The number of pyridine rings is 1. The molecule has 5 heteroatoms. The summed E-state index contributed by atoms with van der Waals surface area (Å²) >= 11 is 5.04. The molecule has 0 unspecified atom stereocenters. The lowest BCUT2D eigenvalue weighted by Gasteiger charge is -2.07. The molecule has 0 bridgehead atoms. The van der Waals surface area contributed by atoms with Gasteiger partial charge in [-0.2, -0.15) is 0 Å². The van der Waals surface area contributed by atoms with Crippen LogP contribution in [0.15, 0.2) is 42.6 Å². The lowest BCUT2D eigenvalue weighted by atomic mass is 10.2. The Morgan fingerprint density at radius 1 is 1.30 bits per heavy atom. The first-order valence-corrected chi connectivity index (χ1v) is 6.72. The average Bonchev–Trinajstić information content (AvgIpc) is 2.77. The second-order valence-electron chi connectivity index (χ2n) is 4.71. The minimum atomic E-state index is 0.420. The van der Waals surface area contributed by atoms with Crippen molar-refractivity contribution in [3.63, 3.8) is 0 Å². The first-order valence-electron chi connectivity index (χ1n) is 6.32. The van der Waals surface area contributed by atoms with E-state index in [1.165, 1.54) is 0 Å². The number of hydrogen-bond donors (Lipinski definition) is 1. The van der Waals surface area contributed by atoms with E-state index in [1.54, 1.807) is 0 Å². The predicted molar refractivity (Wildman–Crippen MR) is 84.5 cm³/mol. The molecule has 2 heterocycles. The number of nitrogens with zero attached hydrogens (tertiary/aromatic N) is 3. The van der Waals surface area contributed by atoms with Gasteiger partial charge in [0.1, 0.15) is 11.3 Å². The number of nitrogens with two attached hydrogens (primary N) is 1. The van der Waals surface area contributed by atoms with Crippen molar-refractivity contribution in [2.24, 2.45) is 5.73 Å². The molecule has 0 aliphatic rings. The topological polar surface area (TPSA) is 56.7 Å². The molecule has 0 aliphatic heterocycles. The van der Waals surface area contributed by atoms with Gasteiger partial charge in [-0.15, -0.1) is 0 Å². The molecule has 3 rings (SSSR count). The summed E-state index contributed by atoms with van der Waals surface area (Å²) in [5, 5.41) is 0. The van der Waals surface area contributed by atoms with Crippen molar-refractivity contribution in [2.45, 2.75) is 13.5 Å². The van der Waals surface area contributed by atoms with Gasteiger partial charge in [0, 0.05) is 11.8 Å². The molecule has 0 radical (unpaired) electrons. The molecule has 0 saturated heterocycles. The molecule has 4 nitrogen and oxygen atoms in total. The van der Waals surface area contributed by atoms with Crippen LogP contribution >= 0.6 is 12.2 Å². The summed E-state index contributed by atoms with van der Waals surface area (Å²) in [5.41, 5.74) is 9.48. The number of aromatic nitrogens is 3. The fourth-order valence-corrected chi connectivity index (χ4v) is 2.35. The summed E-state index contributed by atoms with van der Waals surface area (Å²) < 4.78 is 1.96. The molecule has 100 valence electrons. The van der Waals surface area contributed by atoms with Crippen molar-refractivity contribution in [2.75, 3.05) is 0 Å². The summed E-state index contributed by atoms with van der Waals surface area (Å²) in [6.07, 6.45) is 1.83. The second-order valence-corrected chi connectivity index (χ2v) is 5.23. The summed E-state index contributed by atoms with van der Waals surface area (Å²) in [5.74, 6) is 0.839. The van der Waals surface area contributed by atoms with Crippen molar-refractivity contribution in [1.29, 1.82) is 0 Å². The summed E-state index contributed by atoms with van der Waals surface area (Å²) in [4.78, 5) is 9.57. The van der Waals surface area contributed by atoms with Crippen LogP contribution < -0.4 is 5.73 Å². The van der Waals surface area contributed by atoms with Crippen molar-refractivity contribution in [1.82, 2.24) is 14.5 Å². The number of hydrogen-bond acceptors (Lipinski definition) is 3. The van der Waals surface area contributed by atoms with E-state index in [1.807, 2.05) is 54.1 Å². The Hall–Kier alpha value is -2.27. The minimum Gasteiger partial charge on any atom is -0.392 e. The van der Waals surface area contributed by atoms with E-state index in [4.69, 9.17) is 18.0 Å². The number of benzene rings is 1. The number of aryl methyl sites for hydroxylation is 1. The van der Waals surface area contributed by atoms with Crippen molar-refractivity contribution >= 4 is 28.4 Å². The van der Waals surface area contributed by atoms with Gasteiger partial charge in [0.15, 0.2) is 5.65 Å². The SMILES string of the molecule is Cc1cnc2c(c1)nc(-c1ccccc1)n2CC(N)=S. The zero-order chi connectivity index (χ0) is 14.1. The molecule has 3 aromatic rings. The third-order valence-corrected chi connectivity index (χ3v) is 3.20. The normalized spacial score (nSPS) is 10.8. The molecule has 0 spiro atoms. The highest BCUT2D eigenvalue weighted by molar-refractivity contribution is 7.80. The third-order valence-electron chi connectivity index (χ3n) is 3.07. The molecule has 0 atom stereocenters. The molecule has 0 amide bonds. The predicted octanol–water partition coefficient (Wildman–Crippen LogP) is 2.69. The van der Waals surface area contributed by atoms with Crippen LogP contribution in [0.5, 0.6) is 0 Å². The number of rotatable bonds is 3. The lowest BCUT2D eigenvalue weighted by Crippen LogP contribution is -2.17. The van der Waals surface area contributed by atoms with Crippen LogP contribution in [0.3, 0.4) is 0 Å². The van der Waals surface area contributed by atoms with Crippen molar-refractivity contribution in [3.05, 3.63) is 48.2 Å². The van der Waals surface area contributed by atoms with Gasteiger partial charge in [-0.25, -0.2) is 9.97 Å². The highest BCUT2D eigenvalue weighted by Crippen LogP contribution is 2.23. The van der Waals surface area contributed by atoms with Gasteiger partial charge in [0.25, 0.3) is 0 Å². The third kappa shape index (κ3) is 2.28. The quantitative estimate of drug-likeness (QED) is 0.750. The number of imidazole rings is 1. The summed E-state index contributed by atoms with van der Waals surface area (Å²) in [6.45, 7) is 2.44. The van der Waals surface area contributed by atoms with Gasteiger partial charge >= 0.3 is 0 Å². The molecule has 2 aromatic heterocycles. The first kappa shape index (κ1) is 12.7. The van der Waals surface area contributed by atoms with Crippen LogP contribution in [0.1, 0.15) is 5.56 Å². The second kappa shape index (κ2) is 5.02. The Labute approximate surface area is 122 Å². The van der Waals surface area contributed by atoms with Gasteiger partial charge < -0.3 is 10.3 Å². The standard InChI is InChI=1S/C15H14N4S/c1-10-7-12-15(17-8-10)19(9-13(16)20)14(18-12)11-5-3-2-4-6-11/h2-8H,9H2,1H3,(H2,16,20). The molecular weight excluding hydrogens is 268 g/mol. The Morgan fingerprint density at radius 2 is 2.05 bits per heavy atom. The summed E-state index contributed by atoms with van der Waals surface area (Å²) in [7, 11) is 0. The van der Waals surface area contributed by atoms with Crippen LogP contribution in [0.2, 0.25) is 0 Å². The highest BCUT2D eigenvalue weighted by atomic mass is 32.1. The van der Waals surface area contributed by atoms with Crippen LogP contribution in [0, 0.1) is 6.92 Å². The van der Waals surface area contributed by atoms with E-state index in [-0.39, 0.29) is 0 Å². The Kier molecular flexibility index (Phi) is 3.20. The van der Waals surface area contributed by atoms with Crippen LogP contribution in [-0.4, -0.2) is 19.5 Å². The maximum absolute atomic E-state index is 5.71.